The predicted octanol–water partition coefficient (Wildman–Crippen LogP) is 1.47. The molecule has 17 heavy (non-hydrogen) atoms. The minimum atomic E-state index is 0.117. The lowest BCUT2D eigenvalue weighted by molar-refractivity contribution is 0.111. The summed E-state index contributed by atoms with van der Waals surface area (Å²) < 4.78 is 10.5. The summed E-state index contributed by atoms with van der Waals surface area (Å²) in [4.78, 5) is 14.9. The van der Waals surface area contributed by atoms with Gasteiger partial charge in [0.2, 0.25) is 5.89 Å². The first kappa shape index (κ1) is 11.3. The number of aryl methyl sites for hydroxylation is 2. The summed E-state index contributed by atoms with van der Waals surface area (Å²) in [6, 6.07) is 3.46. The fraction of sp³-hybridized carbons (Fsp3) is 0.273. The molecule has 0 aliphatic heterocycles. The first-order chi connectivity index (χ1) is 8.19. The van der Waals surface area contributed by atoms with E-state index in [9.17, 15) is 4.79 Å². The first-order valence-corrected chi connectivity index (χ1v) is 5.03. The molecule has 6 nitrogen and oxygen atoms in total. The average molecular weight is 233 g/mol. The van der Waals surface area contributed by atoms with Gasteiger partial charge in [0.15, 0.2) is 12.9 Å². The first-order valence-electron chi connectivity index (χ1n) is 5.03. The van der Waals surface area contributed by atoms with Crippen LogP contribution in [-0.4, -0.2) is 21.5 Å². The number of carbonyl (C=O) groups excluding carboxylic acids is 1. The zero-order valence-corrected chi connectivity index (χ0v) is 9.51. The Labute approximate surface area is 97.6 Å². The van der Waals surface area contributed by atoms with E-state index in [0.717, 1.165) is 5.69 Å². The smallest absolute Gasteiger partial charge is 0.253 e. The molecule has 0 aliphatic rings. The van der Waals surface area contributed by atoms with E-state index >= 15 is 0 Å². The summed E-state index contributed by atoms with van der Waals surface area (Å²) in [6.45, 7) is 3.62. The van der Waals surface area contributed by atoms with Gasteiger partial charge in [0, 0.05) is 12.6 Å². The second-order valence-corrected chi connectivity index (χ2v) is 3.46. The van der Waals surface area contributed by atoms with E-state index in [0.29, 0.717) is 23.8 Å². The zero-order valence-electron chi connectivity index (χ0n) is 9.51. The Balaban J connectivity index is 2.11. The van der Waals surface area contributed by atoms with Crippen LogP contribution >= 0.6 is 0 Å². The standard InChI is InChI=1S/C11H11N3O3/c1-7-3-4-10(9(5-15)12-7)16-6-11-14-13-8(2)17-11/h3-5H,6H2,1-2H3. The highest BCUT2D eigenvalue weighted by atomic mass is 16.5. The fourth-order valence-electron chi connectivity index (χ4n) is 1.31. The third kappa shape index (κ3) is 2.66. The van der Waals surface area contributed by atoms with E-state index in [1.54, 1.807) is 26.0 Å². The van der Waals surface area contributed by atoms with Gasteiger partial charge < -0.3 is 9.15 Å². The highest BCUT2D eigenvalue weighted by Crippen LogP contribution is 2.16. The Hall–Kier alpha value is -2.24. The third-order valence-corrected chi connectivity index (χ3v) is 2.06. The molecular formula is C11H11N3O3. The van der Waals surface area contributed by atoms with Crippen LogP contribution in [0, 0.1) is 13.8 Å². The van der Waals surface area contributed by atoms with Crippen LogP contribution in [0.25, 0.3) is 0 Å². The maximum Gasteiger partial charge on any atom is 0.253 e. The van der Waals surface area contributed by atoms with Gasteiger partial charge in [0.05, 0.1) is 0 Å². The number of aromatic nitrogens is 3. The number of hydrogen-bond donors (Lipinski definition) is 0. The lowest BCUT2D eigenvalue weighted by Gasteiger charge is -2.05. The van der Waals surface area contributed by atoms with Crippen LogP contribution in [0.4, 0.5) is 0 Å². The van der Waals surface area contributed by atoms with Crippen molar-refractivity contribution in [3.05, 3.63) is 35.3 Å². The van der Waals surface area contributed by atoms with Crippen LogP contribution in [0.5, 0.6) is 5.75 Å². The van der Waals surface area contributed by atoms with Crippen LogP contribution in [0.2, 0.25) is 0 Å². The number of ether oxygens (including phenoxy) is 1. The summed E-state index contributed by atoms with van der Waals surface area (Å²) in [6.07, 6.45) is 0.654. The molecule has 0 saturated carbocycles. The Morgan fingerprint density at radius 2 is 2.18 bits per heavy atom. The molecule has 0 atom stereocenters. The number of carbonyl (C=O) groups is 1. The Morgan fingerprint density at radius 1 is 1.35 bits per heavy atom. The maximum atomic E-state index is 10.8. The van der Waals surface area contributed by atoms with Gasteiger partial charge in [-0.05, 0) is 19.1 Å². The minimum Gasteiger partial charge on any atom is -0.481 e. The van der Waals surface area contributed by atoms with Crippen LogP contribution in [0.1, 0.15) is 28.0 Å². The van der Waals surface area contributed by atoms with Gasteiger partial charge >= 0.3 is 0 Å². The highest BCUT2D eigenvalue weighted by Gasteiger charge is 2.08. The van der Waals surface area contributed by atoms with Gasteiger partial charge in [-0.15, -0.1) is 10.2 Å². The van der Waals surface area contributed by atoms with Gasteiger partial charge in [0.25, 0.3) is 5.89 Å². The zero-order chi connectivity index (χ0) is 12.3. The van der Waals surface area contributed by atoms with Crippen molar-refractivity contribution in [3.63, 3.8) is 0 Å². The predicted molar refractivity (Wildman–Crippen MR) is 57.7 cm³/mol. The molecule has 88 valence electrons. The number of pyridine rings is 1. The molecule has 0 aromatic carbocycles. The minimum absolute atomic E-state index is 0.117. The van der Waals surface area contributed by atoms with Gasteiger partial charge in [-0.1, -0.05) is 0 Å². The largest absolute Gasteiger partial charge is 0.481 e. The van der Waals surface area contributed by atoms with Gasteiger partial charge in [-0.25, -0.2) is 4.98 Å². The van der Waals surface area contributed by atoms with Crippen molar-refractivity contribution >= 4 is 6.29 Å². The summed E-state index contributed by atoms with van der Waals surface area (Å²) in [5, 5.41) is 7.46. The van der Waals surface area contributed by atoms with E-state index in [2.05, 4.69) is 15.2 Å². The molecule has 0 fully saturated rings. The van der Waals surface area contributed by atoms with E-state index in [1.165, 1.54) is 0 Å². The highest BCUT2D eigenvalue weighted by molar-refractivity contribution is 5.76. The van der Waals surface area contributed by atoms with Gasteiger partial charge in [0.1, 0.15) is 11.4 Å². The molecular weight excluding hydrogens is 222 g/mol. The normalized spacial score (nSPS) is 10.2. The number of rotatable bonds is 4. The Bertz CT molecular complexity index is 537. The van der Waals surface area contributed by atoms with Gasteiger partial charge in [-0.2, -0.15) is 0 Å². The lowest BCUT2D eigenvalue weighted by atomic mass is 10.3. The molecule has 0 saturated heterocycles. The number of hydrogen-bond acceptors (Lipinski definition) is 6. The molecule has 6 heteroatoms. The maximum absolute atomic E-state index is 10.8. The Kier molecular flexibility index (Phi) is 3.13. The van der Waals surface area contributed by atoms with E-state index in [4.69, 9.17) is 9.15 Å². The SMILES string of the molecule is Cc1ccc(OCc2nnc(C)o2)c(C=O)n1. The molecule has 0 amide bonds. The number of nitrogens with zero attached hydrogens (tertiary/aromatic N) is 3. The molecule has 0 aliphatic carbocycles. The second kappa shape index (κ2) is 4.73. The molecule has 0 radical (unpaired) electrons. The third-order valence-electron chi connectivity index (χ3n) is 2.06. The van der Waals surface area contributed by atoms with Crippen molar-refractivity contribution < 1.29 is 13.9 Å². The fourth-order valence-corrected chi connectivity index (χ4v) is 1.31. The number of aldehydes is 1. The monoisotopic (exact) mass is 233 g/mol. The summed E-state index contributed by atoms with van der Waals surface area (Å²) in [7, 11) is 0. The average Bonchev–Trinajstić information content (AvgIpc) is 2.73. The van der Waals surface area contributed by atoms with Crippen molar-refractivity contribution in [1.29, 1.82) is 0 Å². The molecule has 0 bridgehead atoms. The Morgan fingerprint density at radius 3 is 2.82 bits per heavy atom. The van der Waals surface area contributed by atoms with E-state index in [-0.39, 0.29) is 12.3 Å². The summed E-state index contributed by atoms with van der Waals surface area (Å²) >= 11 is 0. The molecule has 0 N–H and O–H groups in total. The van der Waals surface area contributed by atoms with Crippen molar-refractivity contribution in [2.45, 2.75) is 20.5 Å². The molecule has 2 aromatic rings. The molecule has 2 rings (SSSR count). The van der Waals surface area contributed by atoms with Gasteiger partial charge in [-0.3, -0.25) is 4.79 Å². The molecule has 2 heterocycles. The van der Waals surface area contributed by atoms with Crippen molar-refractivity contribution in [3.8, 4) is 5.75 Å². The van der Waals surface area contributed by atoms with Crippen molar-refractivity contribution in [2.75, 3.05) is 0 Å². The summed E-state index contributed by atoms with van der Waals surface area (Å²) in [5.41, 5.74) is 1.02. The summed E-state index contributed by atoms with van der Waals surface area (Å²) in [5.74, 6) is 1.24. The van der Waals surface area contributed by atoms with Crippen molar-refractivity contribution in [2.24, 2.45) is 0 Å². The van der Waals surface area contributed by atoms with E-state index < -0.39 is 0 Å². The van der Waals surface area contributed by atoms with E-state index in [1.807, 2.05) is 0 Å². The van der Waals surface area contributed by atoms with Crippen molar-refractivity contribution in [1.82, 2.24) is 15.2 Å². The van der Waals surface area contributed by atoms with Crippen LogP contribution in [0.15, 0.2) is 16.5 Å². The molecule has 0 spiro atoms. The molecule has 2 aromatic heterocycles. The lowest BCUT2D eigenvalue weighted by Crippen LogP contribution is -2.01. The van der Waals surface area contributed by atoms with Crippen LogP contribution in [-0.2, 0) is 6.61 Å². The topological polar surface area (TPSA) is 78.1 Å². The van der Waals surface area contributed by atoms with Crippen LogP contribution < -0.4 is 4.74 Å². The van der Waals surface area contributed by atoms with Crippen LogP contribution in [0.3, 0.4) is 0 Å². The second-order valence-electron chi connectivity index (χ2n) is 3.46. The molecule has 0 unspecified atom stereocenters. The quantitative estimate of drug-likeness (QED) is 0.744.